The first kappa shape index (κ1) is 20.4. The Kier molecular flexibility index (Phi) is 6.84. The second-order valence-corrected chi connectivity index (χ2v) is 6.77. The highest BCUT2D eigenvalue weighted by atomic mass is 16.5. The molecule has 2 aromatic carbocycles. The van der Waals surface area contributed by atoms with Crippen LogP contribution in [0.15, 0.2) is 53.5 Å². The van der Waals surface area contributed by atoms with Crippen LogP contribution in [0.3, 0.4) is 0 Å². The molecule has 7 heteroatoms. The zero-order chi connectivity index (χ0) is 20.6. The highest BCUT2D eigenvalue weighted by Gasteiger charge is 2.21. The van der Waals surface area contributed by atoms with Gasteiger partial charge < -0.3 is 14.5 Å². The predicted molar refractivity (Wildman–Crippen MR) is 113 cm³/mol. The molecule has 152 valence electrons. The van der Waals surface area contributed by atoms with Crippen molar-refractivity contribution in [3.63, 3.8) is 0 Å². The number of hydrogen-bond acceptors (Lipinski definition) is 4. The molecule has 0 saturated carbocycles. The Morgan fingerprint density at radius 3 is 2.48 bits per heavy atom. The van der Waals surface area contributed by atoms with E-state index in [1.54, 1.807) is 12.0 Å². The molecule has 1 fully saturated rings. The fourth-order valence-electron chi connectivity index (χ4n) is 3.08. The molecule has 0 atom stereocenters. The molecule has 1 saturated heterocycles. The summed E-state index contributed by atoms with van der Waals surface area (Å²) in [5, 5.41) is 2.95. The van der Waals surface area contributed by atoms with Gasteiger partial charge in [0.15, 0.2) is 0 Å². The molecule has 0 bridgehead atoms. The monoisotopic (exact) mass is 394 g/mol. The average Bonchev–Trinajstić information content (AvgIpc) is 2.78. The smallest absolute Gasteiger partial charge is 0.257 e. The van der Waals surface area contributed by atoms with E-state index in [-0.39, 0.29) is 5.91 Å². The maximum atomic E-state index is 12.8. The van der Waals surface area contributed by atoms with Crippen molar-refractivity contribution in [2.24, 2.45) is 4.99 Å². The molecule has 3 rings (SSSR count). The van der Waals surface area contributed by atoms with Crippen LogP contribution in [0.25, 0.3) is 0 Å². The highest BCUT2D eigenvalue weighted by molar-refractivity contribution is 6.06. The second kappa shape index (κ2) is 9.73. The van der Waals surface area contributed by atoms with E-state index >= 15 is 0 Å². The molecular weight excluding hydrogens is 368 g/mol. The lowest BCUT2D eigenvalue weighted by atomic mass is 10.1. The fraction of sp³-hybridized carbons (Fsp3) is 0.318. The number of ether oxygens (including phenoxy) is 1. The van der Waals surface area contributed by atoms with E-state index in [9.17, 15) is 9.59 Å². The van der Waals surface area contributed by atoms with E-state index in [1.807, 2.05) is 53.4 Å². The minimum absolute atomic E-state index is 0.216. The molecule has 7 nitrogen and oxygen atoms in total. The van der Waals surface area contributed by atoms with Crippen molar-refractivity contribution in [3.05, 3.63) is 59.7 Å². The van der Waals surface area contributed by atoms with Crippen LogP contribution in [0, 0.1) is 0 Å². The van der Waals surface area contributed by atoms with Gasteiger partial charge in [-0.3, -0.25) is 14.9 Å². The van der Waals surface area contributed by atoms with Crippen LogP contribution in [0.2, 0.25) is 0 Å². The SMILES string of the molecule is CCc1ccc(C(=O)NC(=Nc2cccc(OC)c2)N2CCN(C=O)CC2)cc1. The molecule has 1 aliphatic heterocycles. The summed E-state index contributed by atoms with van der Waals surface area (Å²) in [5.41, 5.74) is 2.43. The summed E-state index contributed by atoms with van der Waals surface area (Å²) in [7, 11) is 1.60. The molecule has 0 spiro atoms. The Balaban J connectivity index is 1.84. The summed E-state index contributed by atoms with van der Waals surface area (Å²) in [6.45, 7) is 4.43. The largest absolute Gasteiger partial charge is 0.497 e. The molecule has 0 aliphatic carbocycles. The van der Waals surface area contributed by atoms with Gasteiger partial charge in [0.25, 0.3) is 5.91 Å². The number of guanidine groups is 1. The molecular formula is C22H26N4O3. The molecule has 0 unspecified atom stereocenters. The Bertz CT molecular complexity index is 872. The van der Waals surface area contributed by atoms with Gasteiger partial charge in [0.1, 0.15) is 5.75 Å². The second-order valence-electron chi connectivity index (χ2n) is 6.77. The number of nitrogens with zero attached hydrogens (tertiary/aromatic N) is 3. The van der Waals surface area contributed by atoms with Crippen molar-refractivity contribution in [2.45, 2.75) is 13.3 Å². The number of aryl methyl sites for hydroxylation is 1. The zero-order valence-corrected chi connectivity index (χ0v) is 16.8. The Hall–Kier alpha value is -3.35. The van der Waals surface area contributed by atoms with Crippen LogP contribution >= 0.6 is 0 Å². The number of piperazine rings is 1. The van der Waals surface area contributed by atoms with Crippen molar-refractivity contribution in [3.8, 4) is 5.75 Å². The van der Waals surface area contributed by atoms with E-state index < -0.39 is 0 Å². The molecule has 1 heterocycles. The zero-order valence-electron chi connectivity index (χ0n) is 16.8. The number of carbonyl (C=O) groups excluding carboxylic acids is 2. The molecule has 2 aromatic rings. The number of aliphatic imine (C=N–C) groups is 1. The number of nitrogens with one attached hydrogen (secondary N) is 1. The maximum absolute atomic E-state index is 12.8. The third-order valence-corrected chi connectivity index (χ3v) is 4.90. The molecule has 2 amide bonds. The number of methoxy groups -OCH3 is 1. The lowest BCUT2D eigenvalue weighted by molar-refractivity contribution is -0.119. The number of amides is 2. The highest BCUT2D eigenvalue weighted by Crippen LogP contribution is 2.20. The van der Waals surface area contributed by atoms with Gasteiger partial charge in [-0.05, 0) is 36.2 Å². The van der Waals surface area contributed by atoms with Gasteiger partial charge in [-0.15, -0.1) is 0 Å². The van der Waals surface area contributed by atoms with Crippen molar-refractivity contribution < 1.29 is 14.3 Å². The standard InChI is InChI=1S/C22H26N4O3/c1-3-17-7-9-18(10-8-17)21(28)24-22(26-13-11-25(16-27)12-14-26)23-19-5-4-6-20(15-19)29-2/h4-10,15-16H,3,11-14H2,1-2H3,(H,23,24,28). The first-order valence-corrected chi connectivity index (χ1v) is 9.70. The summed E-state index contributed by atoms with van der Waals surface area (Å²) < 4.78 is 5.27. The van der Waals surface area contributed by atoms with Crippen molar-refractivity contribution in [1.29, 1.82) is 0 Å². The Labute approximate surface area is 171 Å². The topological polar surface area (TPSA) is 74.2 Å². The summed E-state index contributed by atoms with van der Waals surface area (Å²) in [5.74, 6) is 0.943. The molecule has 1 N–H and O–H groups in total. The van der Waals surface area contributed by atoms with Gasteiger partial charge in [-0.1, -0.05) is 25.1 Å². The van der Waals surface area contributed by atoms with Crippen molar-refractivity contribution in [1.82, 2.24) is 15.1 Å². The van der Waals surface area contributed by atoms with E-state index in [0.717, 1.165) is 12.8 Å². The first-order chi connectivity index (χ1) is 14.1. The minimum atomic E-state index is -0.216. The summed E-state index contributed by atoms with van der Waals surface area (Å²) in [6.07, 6.45) is 1.77. The van der Waals surface area contributed by atoms with Gasteiger partial charge >= 0.3 is 0 Å². The minimum Gasteiger partial charge on any atom is -0.497 e. The van der Waals surface area contributed by atoms with Crippen LogP contribution in [-0.2, 0) is 11.2 Å². The number of rotatable bonds is 5. The number of hydrogen-bond donors (Lipinski definition) is 1. The van der Waals surface area contributed by atoms with E-state index in [0.29, 0.717) is 49.1 Å². The van der Waals surface area contributed by atoms with Gasteiger partial charge in [0.05, 0.1) is 12.8 Å². The van der Waals surface area contributed by atoms with Gasteiger partial charge in [0.2, 0.25) is 12.4 Å². The van der Waals surface area contributed by atoms with Gasteiger partial charge in [0, 0.05) is 37.8 Å². The van der Waals surface area contributed by atoms with Crippen LogP contribution in [0.1, 0.15) is 22.8 Å². The van der Waals surface area contributed by atoms with Gasteiger partial charge in [-0.25, -0.2) is 4.99 Å². The first-order valence-electron chi connectivity index (χ1n) is 9.70. The third-order valence-electron chi connectivity index (χ3n) is 4.90. The Morgan fingerprint density at radius 1 is 1.14 bits per heavy atom. The van der Waals surface area contributed by atoms with Crippen molar-refractivity contribution in [2.75, 3.05) is 33.3 Å². The fourth-order valence-corrected chi connectivity index (χ4v) is 3.08. The summed E-state index contributed by atoms with van der Waals surface area (Å²) in [4.78, 5) is 32.2. The van der Waals surface area contributed by atoms with Gasteiger partial charge in [-0.2, -0.15) is 0 Å². The van der Waals surface area contributed by atoms with Crippen LogP contribution < -0.4 is 10.1 Å². The van der Waals surface area contributed by atoms with Crippen LogP contribution in [0.5, 0.6) is 5.75 Å². The summed E-state index contributed by atoms with van der Waals surface area (Å²) >= 11 is 0. The predicted octanol–water partition coefficient (Wildman–Crippen LogP) is 2.45. The molecule has 0 radical (unpaired) electrons. The lowest BCUT2D eigenvalue weighted by Gasteiger charge is -2.34. The molecule has 0 aromatic heterocycles. The molecule has 29 heavy (non-hydrogen) atoms. The number of benzene rings is 2. The Morgan fingerprint density at radius 2 is 1.86 bits per heavy atom. The summed E-state index contributed by atoms with van der Waals surface area (Å²) in [6, 6.07) is 14.9. The number of carbonyl (C=O) groups is 2. The maximum Gasteiger partial charge on any atom is 0.257 e. The quantitative estimate of drug-likeness (QED) is 0.480. The van der Waals surface area contributed by atoms with E-state index in [1.165, 1.54) is 5.56 Å². The molecule has 1 aliphatic rings. The van der Waals surface area contributed by atoms with Crippen LogP contribution in [0.4, 0.5) is 5.69 Å². The average molecular weight is 394 g/mol. The van der Waals surface area contributed by atoms with E-state index in [2.05, 4.69) is 17.2 Å². The van der Waals surface area contributed by atoms with E-state index in [4.69, 9.17) is 4.74 Å². The van der Waals surface area contributed by atoms with Crippen molar-refractivity contribution >= 4 is 24.0 Å². The normalized spacial score (nSPS) is 14.5. The van der Waals surface area contributed by atoms with Crippen LogP contribution in [-0.4, -0.2) is 61.4 Å². The third kappa shape index (κ3) is 5.34. The lowest BCUT2D eigenvalue weighted by Crippen LogP contribution is -2.53.